The summed E-state index contributed by atoms with van der Waals surface area (Å²) in [4.78, 5) is 0. The van der Waals surface area contributed by atoms with E-state index in [1.807, 2.05) is 0 Å². The van der Waals surface area contributed by atoms with Crippen LogP contribution in [0, 0.1) is 11.7 Å². The summed E-state index contributed by atoms with van der Waals surface area (Å²) < 4.78 is 0. The van der Waals surface area contributed by atoms with Crippen molar-refractivity contribution in [3.63, 3.8) is 0 Å². The third kappa shape index (κ3) is 1.56. The Labute approximate surface area is 49.0 Å². The minimum Gasteiger partial charge on any atom is -0.125 e. The van der Waals surface area contributed by atoms with Gasteiger partial charge in [0, 0.05) is 0 Å². The first-order chi connectivity index (χ1) is 3.39. The molecule has 0 amide bonds. The molecule has 1 aliphatic rings. The highest BCUT2D eigenvalue weighted by Crippen LogP contribution is 2.22. The second kappa shape index (κ2) is 2.41. The van der Waals surface area contributed by atoms with Gasteiger partial charge in [0.25, 0.3) is 0 Å². The molecule has 38 valence electrons. The molecule has 1 heterocycles. The van der Waals surface area contributed by atoms with Gasteiger partial charge in [-0.25, -0.2) is 0 Å². The molecule has 0 saturated heterocycles. The highest BCUT2D eigenvalue weighted by atomic mass is 32.2. The van der Waals surface area contributed by atoms with E-state index in [1.165, 1.54) is 0 Å². The molecular formula is C6H8S. The van der Waals surface area contributed by atoms with Crippen LogP contribution in [0.5, 0.6) is 0 Å². The average Bonchev–Trinajstić information content (AvgIpc) is 1.69. The average molecular weight is 112 g/mol. The van der Waals surface area contributed by atoms with Gasteiger partial charge in [0.2, 0.25) is 0 Å². The van der Waals surface area contributed by atoms with Crippen LogP contribution < -0.4 is 0 Å². The van der Waals surface area contributed by atoms with E-state index in [4.69, 9.17) is 0 Å². The van der Waals surface area contributed by atoms with Crippen molar-refractivity contribution in [2.45, 2.75) is 13.3 Å². The van der Waals surface area contributed by atoms with Gasteiger partial charge in [0.05, 0.1) is 5.75 Å². The van der Waals surface area contributed by atoms with Crippen molar-refractivity contribution in [3.8, 4) is 0 Å². The summed E-state index contributed by atoms with van der Waals surface area (Å²) in [5.41, 5.74) is 0. The monoisotopic (exact) mass is 112 g/mol. The third-order valence-electron chi connectivity index (χ3n) is 0.964. The van der Waals surface area contributed by atoms with Crippen LogP contribution in [0.25, 0.3) is 0 Å². The molecule has 1 heteroatoms. The molecule has 0 aromatic heterocycles. The van der Waals surface area contributed by atoms with Gasteiger partial charge < -0.3 is 0 Å². The lowest BCUT2D eigenvalue weighted by Gasteiger charge is -2.06. The van der Waals surface area contributed by atoms with Crippen LogP contribution in [0.3, 0.4) is 0 Å². The summed E-state index contributed by atoms with van der Waals surface area (Å²) in [6.07, 6.45) is 3.32. The Morgan fingerprint density at radius 2 is 2.71 bits per heavy atom. The summed E-state index contributed by atoms with van der Waals surface area (Å²) in [5.74, 6) is 3.89. The smallest absolute Gasteiger partial charge is 0.0534 e. The van der Waals surface area contributed by atoms with Crippen molar-refractivity contribution in [3.05, 3.63) is 17.2 Å². The molecule has 2 radical (unpaired) electrons. The fourth-order valence-electron chi connectivity index (χ4n) is 0.469. The Hall–Kier alpha value is 0.0900. The summed E-state index contributed by atoms with van der Waals surface area (Å²) >= 11 is 1.67. The Morgan fingerprint density at radius 1 is 1.86 bits per heavy atom. The van der Waals surface area contributed by atoms with Crippen LogP contribution in [-0.2, 0) is 0 Å². The minimum atomic E-state index is 0.723. The van der Waals surface area contributed by atoms with Crippen LogP contribution in [0.1, 0.15) is 13.3 Å². The number of thioether (sulfide) groups is 1. The number of hydrogen-bond donors (Lipinski definition) is 0. The molecule has 1 atom stereocenters. The van der Waals surface area contributed by atoms with Gasteiger partial charge in [-0.2, -0.15) is 0 Å². The molecule has 0 saturated carbocycles. The van der Waals surface area contributed by atoms with E-state index in [1.54, 1.807) is 11.8 Å². The molecule has 0 fully saturated rings. The maximum atomic E-state index is 3.16. The van der Waals surface area contributed by atoms with Gasteiger partial charge in [0.15, 0.2) is 0 Å². The van der Waals surface area contributed by atoms with Crippen molar-refractivity contribution < 1.29 is 0 Å². The van der Waals surface area contributed by atoms with Crippen molar-refractivity contribution >= 4 is 11.8 Å². The van der Waals surface area contributed by atoms with E-state index in [2.05, 4.69) is 24.2 Å². The molecule has 0 nitrogen and oxygen atoms in total. The molecule has 0 N–H and O–H groups in total. The maximum absolute atomic E-state index is 3.16. The van der Waals surface area contributed by atoms with E-state index >= 15 is 0 Å². The van der Waals surface area contributed by atoms with Gasteiger partial charge in [-0.1, -0.05) is 13.0 Å². The van der Waals surface area contributed by atoms with E-state index < -0.39 is 0 Å². The van der Waals surface area contributed by atoms with Crippen molar-refractivity contribution in [2.75, 3.05) is 0 Å². The molecule has 0 aromatic carbocycles. The number of allylic oxidation sites excluding steroid dienone is 1. The van der Waals surface area contributed by atoms with Gasteiger partial charge in [-0.3, -0.25) is 0 Å². The lowest BCUT2D eigenvalue weighted by molar-refractivity contribution is 0.732. The molecule has 0 aromatic rings. The van der Waals surface area contributed by atoms with Crippen LogP contribution in [-0.4, -0.2) is 0 Å². The lowest BCUT2D eigenvalue weighted by atomic mass is 10.1. The minimum absolute atomic E-state index is 0.723. The van der Waals surface area contributed by atoms with Gasteiger partial charge in [-0.05, 0) is 17.7 Å². The number of rotatable bonds is 0. The molecule has 0 aliphatic carbocycles. The van der Waals surface area contributed by atoms with Crippen LogP contribution in [0.15, 0.2) is 11.5 Å². The highest BCUT2D eigenvalue weighted by Gasteiger charge is 2.00. The quantitative estimate of drug-likeness (QED) is 0.463. The van der Waals surface area contributed by atoms with E-state index in [9.17, 15) is 0 Å². The van der Waals surface area contributed by atoms with Crippen molar-refractivity contribution in [1.29, 1.82) is 0 Å². The molecule has 1 aliphatic heterocycles. The van der Waals surface area contributed by atoms with Gasteiger partial charge >= 0.3 is 0 Å². The summed E-state index contributed by atoms with van der Waals surface area (Å²) in [6.45, 7) is 2.20. The van der Waals surface area contributed by atoms with Gasteiger partial charge in [0.1, 0.15) is 0 Å². The Morgan fingerprint density at radius 3 is 3.00 bits per heavy atom. The fourth-order valence-corrected chi connectivity index (χ4v) is 1.27. The van der Waals surface area contributed by atoms with E-state index in [0.29, 0.717) is 0 Å². The lowest BCUT2D eigenvalue weighted by Crippen LogP contribution is -1.90. The Balaban J connectivity index is 2.36. The second-order valence-electron chi connectivity index (χ2n) is 1.77. The van der Waals surface area contributed by atoms with Crippen molar-refractivity contribution in [2.24, 2.45) is 5.92 Å². The maximum Gasteiger partial charge on any atom is 0.0534 e. The standard InChI is InChI=1S/C6H8S/c1-6-2-4-7-5-3-6/h2,4,6H,3H2,1H3. The molecule has 0 bridgehead atoms. The number of hydrogen-bond acceptors (Lipinski definition) is 1. The zero-order valence-corrected chi connectivity index (χ0v) is 5.16. The largest absolute Gasteiger partial charge is 0.125 e. The predicted molar refractivity (Wildman–Crippen MR) is 33.8 cm³/mol. The summed E-state index contributed by atoms with van der Waals surface area (Å²) in [6, 6.07) is 0. The van der Waals surface area contributed by atoms with E-state index in [-0.39, 0.29) is 0 Å². The third-order valence-corrected chi connectivity index (χ3v) is 1.59. The Kier molecular flexibility index (Phi) is 1.80. The Bertz CT molecular complexity index is 76.2. The van der Waals surface area contributed by atoms with E-state index in [0.717, 1.165) is 12.3 Å². The molecule has 7 heavy (non-hydrogen) atoms. The molecule has 1 rings (SSSR count). The molecule has 0 spiro atoms. The first-order valence-electron chi connectivity index (χ1n) is 2.45. The van der Waals surface area contributed by atoms with Crippen LogP contribution in [0.4, 0.5) is 0 Å². The highest BCUT2D eigenvalue weighted by molar-refractivity contribution is 8.04. The summed E-state index contributed by atoms with van der Waals surface area (Å²) in [7, 11) is 0. The van der Waals surface area contributed by atoms with Crippen LogP contribution in [0.2, 0.25) is 0 Å². The van der Waals surface area contributed by atoms with Crippen LogP contribution >= 0.6 is 11.8 Å². The molecular weight excluding hydrogens is 104 g/mol. The first kappa shape index (κ1) is 5.23. The molecule has 1 unspecified atom stereocenters. The summed E-state index contributed by atoms with van der Waals surface area (Å²) in [5, 5.41) is 2.09. The normalized spacial score (nSPS) is 30.7. The first-order valence-corrected chi connectivity index (χ1v) is 3.33. The second-order valence-corrected chi connectivity index (χ2v) is 2.57. The fraction of sp³-hybridized carbons (Fsp3) is 0.500. The zero-order chi connectivity index (χ0) is 5.11. The zero-order valence-electron chi connectivity index (χ0n) is 4.35. The predicted octanol–water partition coefficient (Wildman–Crippen LogP) is 2.31. The van der Waals surface area contributed by atoms with Crippen molar-refractivity contribution in [1.82, 2.24) is 0 Å². The topological polar surface area (TPSA) is 0 Å². The SMILES string of the molecule is CC1C=CS[C]C1. The van der Waals surface area contributed by atoms with Gasteiger partial charge in [-0.15, -0.1) is 11.8 Å².